The second-order valence-corrected chi connectivity index (χ2v) is 7.96. The fraction of sp³-hybridized carbons (Fsp3) is 1.00. The van der Waals surface area contributed by atoms with E-state index in [1.54, 1.807) is 0 Å². The Morgan fingerprint density at radius 3 is 1.74 bits per heavy atom. The summed E-state index contributed by atoms with van der Waals surface area (Å²) in [6.07, 6.45) is 12.1. The first-order valence-electron chi connectivity index (χ1n) is 8.59. The SMILES string of the molecule is CC(C)C1(C)CCCCCCCC(N)(C(C)C)CC1. The Balaban J connectivity index is 2.79. The zero-order valence-corrected chi connectivity index (χ0v) is 14.1. The third-order valence-corrected chi connectivity index (χ3v) is 6.10. The van der Waals surface area contributed by atoms with E-state index < -0.39 is 0 Å². The average molecular weight is 268 g/mol. The van der Waals surface area contributed by atoms with Gasteiger partial charge in [-0.3, -0.25) is 0 Å². The minimum Gasteiger partial charge on any atom is -0.325 e. The molecular weight excluding hydrogens is 230 g/mol. The van der Waals surface area contributed by atoms with Crippen molar-refractivity contribution in [2.75, 3.05) is 0 Å². The lowest BCUT2D eigenvalue weighted by Crippen LogP contribution is -2.46. The standard InChI is InChI=1S/C18H37N/c1-15(2)17(5)11-9-7-6-8-10-12-18(19,14-13-17)16(3)4/h15-16H,6-14,19H2,1-5H3. The van der Waals surface area contributed by atoms with Crippen LogP contribution >= 0.6 is 0 Å². The molecule has 1 fully saturated rings. The van der Waals surface area contributed by atoms with E-state index in [1.807, 2.05) is 0 Å². The number of nitrogens with two attached hydrogens (primary N) is 1. The molecule has 2 atom stereocenters. The largest absolute Gasteiger partial charge is 0.325 e. The molecule has 1 heteroatoms. The van der Waals surface area contributed by atoms with Crippen LogP contribution in [0.15, 0.2) is 0 Å². The van der Waals surface area contributed by atoms with E-state index in [1.165, 1.54) is 57.8 Å². The van der Waals surface area contributed by atoms with Crippen LogP contribution < -0.4 is 5.73 Å². The Hall–Kier alpha value is -0.0400. The Labute approximate surface area is 121 Å². The van der Waals surface area contributed by atoms with E-state index in [-0.39, 0.29) is 5.54 Å². The molecule has 19 heavy (non-hydrogen) atoms. The molecule has 1 aliphatic rings. The van der Waals surface area contributed by atoms with Crippen LogP contribution in [0, 0.1) is 17.3 Å². The summed E-state index contributed by atoms with van der Waals surface area (Å²) in [7, 11) is 0. The van der Waals surface area contributed by atoms with Crippen LogP contribution in [0.25, 0.3) is 0 Å². The lowest BCUT2D eigenvalue weighted by molar-refractivity contribution is 0.139. The summed E-state index contributed by atoms with van der Waals surface area (Å²) in [4.78, 5) is 0. The molecule has 1 aliphatic carbocycles. The van der Waals surface area contributed by atoms with Crippen LogP contribution in [0.4, 0.5) is 0 Å². The molecule has 0 spiro atoms. The lowest BCUT2D eigenvalue weighted by Gasteiger charge is -2.40. The molecule has 0 bridgehead atoms. The Bertz CT molecular complexity index is 232. The van der Waals surface area contributed by atoms with Crippen molar-refractivity contribution < 1.29 is 0 Å². The number of rotatable bonds is 2. The molecule has 1 saturated carbocycles. The zero-order valence-electron chi connectivity index (χ0n) is 14.1. The molecule has 0 aromatic rings. The minimum atomic E-state index is 0.0699. The molecule has 114 valence electrons. The third-order valence-electron chi connectivity index (χ3n) is 6.10. The van der Waals surface area contributed by atoms with Crippen LogP contribution in [0.5, 0.6) is 0 Å². The highest BCUT2D eigenvalue weighted by Gasteiger charge is 2.34. The van der Waals surface area contributed by atoms with Crippen molar-refractivity contribution in [2.45, 2.75) is 97.9 Å². The highest BCUT2D eigenvalue weighted by molar-refractivity contribution is 4.91. The first-order valence-corrected chi connectivity index (χ1v) is 8.59. The van der Waals surface area contributed by atoms with Gasteiger partial charge in [-0.2, -0.15) is 0 Å². The van der Waals surface area contributed by atoms with Crippen molar-refractivity contribution in [3.05, 3.63) is 0 Å². The summed E-state index contributed by atoms with van der Waals surface area (Å²) in [5.41, 5.74) is 7.32. The van der Waals surface area contributed by atoms with Gasteiger partial charge in [-0.1, -0.05) is 66.7 Å². The first-order chi connectivity index (χ1) is 8.80. The minimum absolute atomic E-state index is 0.0699. The van der Waals surface area contributed by atoms with Gasteiger partial charge in [0.2, 0.25) is 0 Å². The molecule has 2 unspecified atom stereocenters. The van der Waals surface area contributed by atoms with E-state index in [0.717, 1.165) is 5.92 Å². The summed E-state index contributed by atoms with van der Waals surface area (Å²) in [6, 6.07) is 0. The van der Waals surface area contributed by atoms with Crippen molar-refractivity contribution in [3.8, 4) is 0 Å². The van der Waals surface area contributed by atoms with Gasteiger partial charge in [0.1, 0.15) is 0 Å². The Morgan fingerprint density at radius 2 is 1.21 bits per heavy atom. The van der Waals surface area contributed by atoms with Crippen LogP contribution in [0.2, 0.25) is 0 Å². The summed E-state index contributed by atoms with van der Waals surface area (Å²) in [5, 5.41) is 0. The van der Waals surface area contributed by atoms with Gasteiger partial charge in [-0.15, -0.1) is 0 Å². The summed E-state index contributed by atoms with van der Waals surface area (Å²) < 4.78 is 0. The Kier molecular flexibility index (Phi) is 6.36. The lowest BCUT2D eigenvalue weighted by atomic mass is 9.68. The van der Waals surface area contributed by atoms with E-state index in [2.05, 4.69) is 34.6 Å². The normalized spacial score (nSPS) is 35.4. The molecule has 0 radical (unpaired) electrons. The molecule has 0 aromatic heterocycles. The molecule has 0 heterocycles. The van der Waals surface area contributed by atoms with Crippen molar-refractivity contribution in [2.24, 2.45) is 23.0 Å². The van der Waals surface area contributed by atoms with Crippen molar-refractivity contribution in [1.82, 2.24) is 0 Å². The van der Waals surface area contributed by atoms with Gasteiger partial charge in [0, 0.05) is 5.54 Å². The summed E-state index contributed by atoms with van der Waals surface area (Å²) >= 11 is 0. The van der Waals surface area contributed by atoms with Gasteiger partial charge < -0.3 is 5.73 Å². The van der Waals surface area contributed by atoms with Crippen LogP contribution in [0.3, 0.4) is 0 Å². The number of hydrogen-bond donors (Lipinski definition) is 1. The van der Waals surface area contributed by atoms with Gasteiger partial charge in [0.05, 0.1) is 0 Å². The van der Waals surface area contributed by atoms with E-state index in [9.17, 15) is 0 Å². The highest BCUT2D eigenvalue weighted by atomic mass is 14.8. The molecule has 2 N–H and O–H groups in total. The molecule has 0 saturated heterocycles. The van der Waals surface area contributed by atoms with E-state index in [4.69, 9.17) is 5.73 Å². The highest BCUT2D eigenvalue weighted by Crippen LogP contribution is 2.41. The smallest absolute Gasteiger partial charge is 0.0177 e. The quantitative estimate of drug-likeness (QED) is 0.699. The van der Waals surface area contributed by atoms with Crippen molar-refractivity contribution in [1.29, 1.82) is 0 Å². The maximum absolute atomic E-state index is 6.76. The fourth-order valence-electron chi connectivity index (χ4n) is 3.44. The molecular formula is C18H37N. The maximum atomic E-state index is 6.76. The van der Waals surface area contributed by atoms with Crippen molar-refractivity contribution >= 4 is 0 Å². The van der Waals surface area contributed by atoms with Crippen LogP contribution in [-0.2, 0) is 0 Å². The zero-order chi connectivity index (χ0) is 14.5. The Morgan fingerprint density at radius 1 is 0.684 bits per heavy atom. The average Bonchev–Trinajstić information content (AvgIpc) is 2.37. The van der Waals surface area contributed by atoms with Gasteiger partial charge >= 0.3 is 0 Å². The maximum Gasteiger partial charge on any atom is 0.0177 e. The summed E-state index contributed by atoms with van der Waals surface area (Å²) in [5.74, 6) is 1.37. The first kappa shape index (κ1) is 17.0. The monoisotopic (exact) mass is 267 g/mol. The second-order valence-electron chi connectivity index (χ2n) is 7.96. The predicted molar refractivity (Wildman–Crippen MR) is 86.3 cm³/mol. The van der Waals surface area contributed by atoms with Gasteiger partial charge in [0.15, 0.2) is 0 Å². The van der Waals surface area contributed by atoms with Crippen LogP contribution in [-0.4, -0.2) is 5.54 Å². The second kappa shape index (κ2) is 7.11. The topological polar surface area (TPSA) is 26.0 Å². The number of hydrogen-bond acceptors (Lipinski definition) is 1. The van der Waals surface area contributed by atoms with E-state index in [0.29, 0.717) is 11.3 Å². The predicted octanol–water partition coefficient (Wildman–Crippen LogP) is 5.53. The summed E-state index contributed by atoms with van der Waals surface area (Å²) in [6.45, 7) is 11.9. The van der Waals surface area contributed by atoms with Crippen LogP contribution in [0.1, 0.15) is 92.4 Å². The third kappa shape index (κ3) is 4.77. The molecule has 0 aromatic carbocycles. The molecule has 0 aliphatic heterocycles. The van der Waals surface area contributed by atoms with Gasteiger partial charge in [-0.05, 0) is 42.9 Å². The molecule has 1 rings (SSSR count). The fourth-order valence-corrected chi connectivity index (χ4v) is 3.44. The van der Waals surface area contributed by atoms with Gasteiger partial charge in [0.25, 0.3) is 0 Å². The molecule has 0 amide bonds. The van der Waals surface area contributed by atoms with Gasteiger partial charge in [-0.25, -0.2) is 0 Å². The van der Waals surface area contributed by atoms with E-state index >= 15 is 0 Å². The van der Waals surface area contributed by atoms with Crippen molar-refractivity contribution in [3.63, 3.8) is 0 Å². The molecule has 1 nitrogen and oxygen atoms in total.